The number of nitrogens with one attached hydrogen (secondary N) is 1. The summed E-state index contributed by atoms with van der Waals surface area (Å²) in [4.78, 5) is 18.4. The van der Waals surface area contributed by atoms with Gasteiger partial charge in [-0.2, -0.15) is 0 Å². The minimum atomic E-state index is -0.0917. The summed E-state index contributed by atoms with van der Waals surface area (Å²) in [7, 11) is 1.76. The summed E-state index contributed by atoms with van der Waals surface area (Å²) in [5.74, 6) is 1.98. The second-order valence-corrected chi connectivity index (χ2v) is 6.92. The van der Waals surface area contributed by atoms with Gasteiger partial charge in [-0.3, -0.25) is 9.79 Å². The smallest absolute Gasteiger partial charge is 0.309 e. The van der Waals surface area contributed by atoms with Crippen LogP contribution in [0.3, 0.4) is 0 Å². The number of fused-ring (bicyclic) bond motifs is 1. The molecule has 0 spiro atoms. The van der Waals surface area contributed by atoms with Gasteiger partial charge < -0.3 is 24.4 Å². The van der Waals surface area contributed by atoms with Crippen molar-refractivity contribution in [3.63, 3.8) is 0 Å². The SMILES string of the molecule is CCOC(=O)C1CCN(C(=NC)NCc2cc(Cl)c3c(c2)OCCO3)CC1. The molecule has 2 aliphatic rings. The van der Waals surface area contributed by atoms with Gasteiger partial charge in [-0.25, -0.2) is 0 Å². The van der Waals surface area contributed by atoms with Gasteiger partial charge in [0.25, 0.3) is 0 Å². The van der Waals surface area contributed by atoms with E-state index in [-0.39, 0.29) is 11.9 Å². The van der Waals surface area contributed by atoms with Gasteiger partial charge in [-0.05, 0) is 37.5 Å². The maximum absolute atomic E-state index is 11.9. The number of halogens is 1. The number of benzene rings is 1. The van der Waals surface area contributed by atoms with Crippen molar-refractivity contribution in [2.75, 3.05) is 40.0 Å². The lowest BCUT2D eigenvalue weighted by atomic mass is 9.97. The number of hydrogen-bond donors (Lipinski definition) is 1. The molecular weight excluding hydrogens is 370 g/mol. The molecule has 148 valence electrons. The monoisotopic (exact) mass is 395 g/mol. The van der Waals surface area contributed by atoms with Crippen molar-refractivity contribution in [1.29, 1.82) is 0 Å². The van der Waals surface area contributed by atoms with E-state index in [4.69, 9.17) is 25.8 Å². The second kappa shape index (κ2) is 9.17. The largest absolute Gasteiger partial charge is 0.486 e. The predicted octanol–water partition coefficient (Wildman–Crippen LogP) is 2.46. The third kappa shape index (κ3) is 4.77. The lowest BCUT2D eigenvalue weighted by molar-refractivity contribution is -0.149. The molecule has 0 atom stereocenters. The molecule has 1 saturated heterocycles. The lowest BCUT2D eigenvalue weighted by Crippen LogP contribution is -2.46. The molecule has 27 heavy (non-hydrogen) atoms. The van der Waals surface area contributed by atoms with E-state index < -0.39 is 0 Å². The summed E-state index contributed by atoms with van der Waals surface area (Å²) in [5, 5.41) is 3.91. The van der Waals surface area contributed by atoms with Crippen LogP contribution in [0, 0.1) is 5.92 Å². The van der Waals surface area contributed by atoms with Gasteiger partial charge in [0.15, 0.2) is 17.5 Å². The number of piperidine rings is 1. The van der Waals surface area contributed by atoms with E-state index in [1.807, 2.05) is 19.1 Å². The number of aliphatic imine (C=N–C) groups is 1. The van der Waals surface area contributed by atoms with Crippen LogP contribution in [0.5, 0.6) is 11.5 Å². The van der Waals surface area contributed by atoms with Crippen molar-refractivity contribution in [3.05, 3.63) is 22.7 Å². The highest BCUT2D eigenvalue weighted by atomic mass is 35.5. The minimum Gasteiger partial charge on any atom is -0.486 e. The topological polar surface area (TPSA) is 72.4 Å². The van der Waals surface area contributed by atoms with E-state index in [0.29, 0.717) is 42.9 Å². The number of carbonyl (C=O) groups excluding carboxylic acids is 1. The minimum absolute atomic E-state index is 0.0177. The third-order valence-corrected chi connectivity index (χ3v) is 5.01. The van der Waals surface area contributed by atoms with Crippen LogP contribution in [-0.2, 0) is 16.1 Å². The van der Waals surface area contributed by atoms with Crippen molar-refractivity contribution in [2.24, 2.45) is 10.9 Å². The first-order chi connectivity index (χ1) is 13.1. The Kier molecular flexibility index (Phi) is 6.66. The summed E-state index contributed by atoms with van der Waals surface area (Å²) in [5.41, 5.74) is 0.992. The fraction of sp³-hybridized carbons (Fsp3) is 0.579. The number of hydrogen-bond acceptors (Lipinski definition) is 5. The zero-order valence-corrected chi connectivity index (χ0v) is 16.6. The average Bonchev–Trinajstić information content (AvgIpc) is 2.69. The molecule has 2 aliphatic heterocycles. The van der Waals surface area contributed by atoms with Crippen molar-refractivity contribution >= 4 is 23.5 Å². The Morgan fingerprint density at radius 1 is 1.33 bits per heavy atom. The Balaban J connectivity index is 1.56. The van der Waals surface area contributed by atoms with Crippen LogP contribution in [0.15, 0.2) is 17.1 Å². The normalized spacial score (nSPS) is 17.6. The van der Waals surface area contributed by atoms with Crippen molar-refractivity contribution in [2.45, 2.75) is 26.3 Å². The van der Waals surface area contributed by atoms with E-state index in [9.17, 15) is 4.79 Å². The first kappa shape index (κ1) is 19.6. The number of guanidine groups is 1. The molecule has 0 aliphatic carbocycles. The summed E-state index contributed by atoms with van der Waals surface area (Å²) in [6.07, 6.45) is 1.55. The van der Waals surface area contributed by atoms with Crippen LogP contribution in [0.4, 0.5) is 0 Å². The third-order valence-electron chi connectivity index (χ3n) is 4.73. The highest BCUT2D eigenvalue weighted by Crippen LogP contribution is 2.38. The molecule has 0 aromatic heterocycles. The molecule has 7 nitrogen and oxygen atoms in total. The summed E-state index contributed by atoms with van der Waals surface area (Å²) in [6, 6.07) is 3.82. The quantitative estimate of drug-likeness (QED) is 0.479. The first-order valence-corrected chi connectivity index (χ1v) is 9.70. The molecule has 0 radical (unpaired) electrons. The Morgan fingerprint density at radius 3 is 2.78 bits per heavy atom. The Labute approximate surface area is 164 Å². The molecule has 8 heteroatoms. The lowest BCUT2D eigenvalue weighted by Gasteiger charge is -2.33. The summed E-state index contributed by atoms with van der Waals surface area (Å²) in [6.45, 7) is 5.41. The molecule has 0 unspecified atom stereocenters. The van der Waals surface area contributed by atoms with Gasteiger partial charge in [0.2, 0.25) is 0 Å². The van der Waals surface area contributed by atoms with E-state index in [1.165, 1.54) is 0 Å². The fourth-order valence-corrected chi connectivity index (χ4v) is 3.65. The van der Waals surface area contributed by atoms with Crippen LogP contribution in [0.2, 0.25) is 5.02 Å². The fourth-order valence-electron chi connectivity index (χ4n) is 3.37. The summed E-state index contributed by atoms with van der Waals surface area (Å²) >= 11 is 6.30. The van der Waals surface area contributed by atoms with E-state index in [2.05, 4.69) is 15.2 Å². The highest BCUT2D eigenvalue weighted by molar-refractivity contribution is 6.32. The maximum Gasteiger partial charge on any atom is 0.309 e. The maximum atomic E-state index is 11.9. The molecule has 1 fully saturated rings. The molecule has 1 aromatic carbocycles. The van der Waals surface area contributed by atoms with Crippen molar-refractivity contribution in [3.8, 4) is 11.5 Å². The van der Waals surface area contributed by atoms with Crippen LogP contribution in [-0.4, -0.2) is 56.8 Å². The average molecular weight is 396 g/mol. The van der Waals surface area contributed by atoms with Gasteiger partial charge in [-0.15, -0.1) is 0 Å². The number of ether oxygens (including phenoxy) is 3. The first-order valence-electron chi connectivity index (χ1n) is 9.32. The molecule has 3 rings (SSSR count). The molecule has 0 amide bonds. The van der Waals surface area contributed by atoms with E-state index in [0.717, 1.165) is 37.5 Å². The highest BCUT2D eigenvalue weighted by Gasteiger charge is 2.27. The van der Waals surface area contributed by atoms with E-state index >= 15 is 0 Å². The number of rotatable bonds is 4. The standard InChI is InChI=1S/C19H26ClN3O4/c1-3-25-18(24)14-4-6-23(7-5-14)19(21-2)22-12-13-10-15(20)17-16(11-13)26-8-9-27-17/h10-11,14H,3-9,12H2,1-2H3,(H,21,22). The van der Waals surface area contributed by atoms with Gasteiger partial charge in [0.05, 0.1) is 17.5 Å². The predicted molar refractivity (Wildman–Crippen MR) is 104 cm³/mol. The van der Waals surface area contributed by atoms with Crippen molar-refractivity contribution < 1.29 is 19.0 Å². The second-order valence-electron chi connectivity index (χ2n) is 6.52. The number of esters is 1. The molecule has 1 N–H and O–H groups in total. The van der Waals surface area contributed by atoms with Crippen molar-refractivity contribution in [1.82, 2.24) is 10.2 Å². The number of carbonyl (C=O) groups is 1. The van der Waals surface area contributed by atoms with Crippen LogP contribution in [0.1, 0.15) is 25.3 Å². The van der Waals surface area contributed by atoms with Gasteiger partial charge in [-0.1, -0.05) is 11.6 Å². The molecule has 0 saturated carbocycles. The summed E-state index contributed by atoms with van der Waals surface area (Å²) < 4.78 is 16.3. The Morgan fingerprint density at radius 2 is 2.07 bits per heavy atom. The number of nitrogens with zero attached hydrogens (tertiary/aromatic N) is 2. The zero-order valence-electron chi connectivity index (χ0n) is 15.8. The molecule has 0 bridgehead atoms. The molecular formula is C19H26ClN3O4. The Bertz CT molecular complexity index is 702. The van der Waals surface area contributed by atoms with Crippen LogP contribution in [0.25, 0.3) is 0 Å². The number of likely N-dealkylation sites (tertiary alicyclic amines) is 1. The van der Waals surface area contributed by atoms with Gasteiger partial charge >= 0.3 is 5.97 Å². The van der Waals surface area contributed by atoms with Gasteiger partial charge in [0.1, 0.15) is 13.2 Å². The zero-order chi connectivity index (χ0) is 19.2. The van der Waals surface area contributed by atoms with Crippen LogP contribution >= 0.6 is 11.6 Å². The van der Waals surface area contributed by atoms with Crippen LogP contribution < -0.4 is 14.8 Å². The van der Waals surface area contributed by atoms with E-state index in [1.54, 1.807) is 7.05 Å². The molecule has 2 heterocycles. The van der Waals surface area contributed by atoms with Gasteiger partial charge in [0, 0.05) is 26.7 Å². The molecule has 1 aromatic rings. The Hall–Kier alpha value is -2.15.